The van der Waals surface area contributed by atoms with Gasteiger partial charge in [0, 0.05) is 32.9 Å². The Balaban J connectivity index is 1.02. The number of furan rings is 1. The molecule has 11 aromatic rings. The lowest BCUT2D eigenvalue weighted by molar-refractivity contribution is 0.661. The molecule has 0 N–H and O–H groups in total. The van der Waals surface area contributed by atoms with Crippen molar-refractivity contribution in [2.45, 2.75) is 19.3 Å². The van der Waals surface area contributed by atoms with E-state index in [1.807, 2.05) is 0 Å². The molecule has 0 radical (unpaired) electrons. The van der Waals surface area contributed by atoms with Gasteiger partial charge < -0.3 is 9.32 Å². The zero-order valence-corrected chi connectivity index (χ0v) is 32.9. The Hall–Kier alpha value is -7.42. The largest absolute Gasteiger partial charge is 0.455 e. The molecule has 0 unspecified atom stereocenters. The fourth-order valence-corrected chi connectivity index (χ4v) is 10.1. The molecule has 2 nitrogen and oxygen atoms in total. The number of benzene rings is 10. The van der Waals surface area contributed by atoms with Crippen LogP contribution in [0.1, 0.15) is 25.0 Å². The average molecular weight is 754 g/mol. The van der Waals surface area contributed by atoms with Gasteiger partial charge in [0.15, 0.2) is 0 Å². The lowest BCUT2D eigenvalue weighted by Crippen LogP contribution is -2.20. The molecule has 0 aliphatic heterocycles. The van der Waals surface area contributed by atoms with E-state index in [0.29, 0.717) is 0 Å². The molecule has 2 heteroatoms. The summed E-state index contributed by atoms with van der Waals surface area (Å²) in [6, 6.07) is 73.1. The summed E-state index contributed by atoms with van der Waals surface area (Å²) in [6.07, 6.45) is 0. The highest BCUT2D eigenvalue weighted by atomic mass is 16.3. The number of hydrogen-bond donors (Lipinski definition) is 0. The van der Waals surface area contributed by atoms with Crippen LogP contribution in [0.25, 0.3) is 87.6 Å². The third-order valence-electron chi connectivity index (χ3n) is 12.8. The fraction of sp³-hybridized carbons (Fsp3) is 0.0526. The fourth-order valence-electron chi connectivity index (χ4n) is 10.1. The molecular formula is C57H39NO. The molecule has 10 aromatic carbocycles. The van der Waals surface area contributed by atoms with E-state index < -0.39 is 0 Å². The van der Waals surface area contributed by atoms with Crippen LogP contribution in [0.2, 0.25) is 0 Å². The Bertz CT molecular complexity index is 3460. The lowest BCUT2D eigenvalue weighted by Gasteiger charge is -2.32. The van der Waals surface area contributed by atoms with Gasteiger partial charge in [0.05, 0.1) is 5.69 Å². The smallest absolute Gasteiger partial charge is 0.143 e. The van der Waals surface area contributed by atoms with Gasteiger partial charge in [-0.2, -0.15) is 0 Å². The van der Waals surface area contributed by atoms with Crippen LogP contribution in [0, 0.1) is 0 Å². The highest BCUT2D eigenvalue weighted by Gasteiger charge is 2.38. The quantitative estimate of drug-likeness (QED) is 0.163. The van der Waals surface area contributed by atoms with E-state index in [4.69, 9.17) is 4.42 Å². The van der Waals surface area contributed by atoms with E-state index in [9.17, 15) is 0 Å². The molecule has 0 fully saturated rings. The maximum absolute atomic E-state index is 6.57. The molecule has 0 saturated carbocycles. The minimum Gasteiger partial charge on any atom is -0.455 e. The predicted molar refractivity (Wildman–Crippen MR) is 249 cm³/mol. The molecule has 1 heterocycles. The molecule has 0 amide bonds. The van der Waals surface area contributed by atoms with Crippen molar-refractivity contribution in [1.29, 1.82) is 0 Å². The van der Waals surface area contributed by atoms with Crippen LogP contribution in [0.4, 0.5) is 17.1 Å². The summed E-state index contributed by atoms with van der Waals surface area (Å²) in [5, 5.41) is 9.68. The van der Waals surface area contributed by atoms with E-state index in [1.165, 1.54) is 71.6 Å². The highest BCUT2D eigenvalue weighted by Crippen LogP contribution is 2.54. The average Bonchev–Trinajstić information content (AvgIpc) is 3.80. The van der Waals surface area contributed by atoms with Crippen molar-refractivity contribution >= 4 is 71.3 Å². The molecular weight excluding hydrogens is 715 g/mol. The van der Waals surface area contributed by atoms with Gasteiger partial charge in [-0.3, -0.25) is 0 Å². The molecule has 1 aliphatic rings. The monoisotopic (exact) mass is 753 g/mol. The van der Waals surface area contributed by atoms with Crippen LogP contribution in [0.15, 0.2) is 205 Å². The number of hydrogen-bond acceptors (Lipinski definition) is 2. The Kier molecular flexibility index (Phi) is 7.31. The number of nitrogens with zero attached hydrogens (tertiary/aromatic N) is 1. The van der Waals surface area contributed by atoms with Gasteiger partial charge in [-0.25, -0.2) is 0 Å². The second-order valence-corrected chi connectivity index (χ2v) is 16.4. The number of fused-ring (bicyclic) bond motifs is 11. The van der Waals surface area contributed by atoms with Crippen molar-refractivity contribution in [3.8, 4) is 33.4 Å². The molecule has 0 spiro atoms. The third-order valence-corrected chi connectivity index (χ3v) is 12.8. The molecule has 1 aromatic heterocycles. The van der Waals surface area contributed by atoms with Crippen molar-refractivity contribution in [3.05, 3.63) is 211 Å². The van der Waals surface area contributed by atoms with Gasteiger partial charge in [0.2, 0.25) is 0 Å². The van der Waals surface area contributed by atoms with Crippen LogP contribution >= 0.6 is 0 Å². The summed E-state index contributed by atoms with van der Waals surface area (Å²) in [5.41, 5.74) is 15.1. The van der Waals surface area contributed by atoms with E-state index in [0.717, 1.165) is 44.3 Å². The Morgan fingerprint density at radius 1 is 0.407 bits per heavy atom. The molecule has 0 saturated heterocycles. The molecule has 59 heavy (non-hydrogen) atoms. The molecule has 278 valence electrons. The maximum atomic E-state index is 6.57. The predicted octanol–water partition coefficient (Wildman–Crippen LogP) is 16.2. The first-order valence-corrected chi connectivity index (χ1v) is 20.5. The Morgan fingerprint density at radius 2 is 1.00 bits per heavy atom. The minimum atomic E-state index is -0.188. The van der Waals surface area contributed by atoms with E-state index in [-0.39, 0.29) is 5.41 Å². The van der Waals surface area contributed by atoms with Gasteiger partial charge in [-0.05, 0) is 120 Å². The van der Waals surface area contributed by atoms with Gasteiger partial charge in [0.25, 0.3) is 0 Å². The van der Waals surface area contributed by atoms with E-state index in [2.05, 4.69) is 219 Å². The summed E-state index contributed by atoms with van der Waals surface area (Å²) in [6.45, 7) is 4.74. The summed E-state index contributed by atoms with van der Waals surface area (Å²) >= 11 is 0. The summed E-state index contributed by atoms with van der Waals surface area (Å²) in [7, 11) is 0. The molecule has 0 bridgehead atoms. The zero-order valence-electron chi connectivity index (χ0n) is 32.9. The highest BCUT2D eigenvalue weighted by molar-refractivity contribution is 6.19. The van der Waals surface area contributed by atoms with Crippen molar-refractivity contribution in [2.75, 3.05) is 4.90 Å². The second kappa shape index (κ2) is 12.8. The van der Waals surface area contributed by atoms with Gasteiger partial charge >= 0.3 is 0 Å². The van der Waals surface area contributed by atoms with Crippen LogP contribution in [-0.4, -0.2) is 0 Å². The third kappa shape index (κ3) is 5.06. The normalized spacial score (nSPS) is 13.1. The maximum Gasteiger partial charge on any atom is 0.143 e. The number of rotatable bonds is 5. The van der Waals surface area contributed by atoms with Crippen LogP contribution in [-0.2, 0) is 5.41 Å². The summed E-state index contributed by atoms with van der Waals surface area (Å²) < 4.78 is 6.57. The standard InChI is InChI=1S/C57H39NO/c1-57(2)51-22-10-9-19-47(51)48-21-11-23-52(55(48)57)58(41-32-27-38(28-33-41)50-35-39-14-4-5-15-42(39)45-17-7-8-18-46(45)50)40-30-25-37(26-31-40)43-20-12-24-53-54(43)49-34-29-36-13-3-6-16-44(36)56(49)59-53/h3-35H,1-2H3. The number of anilines is 3. The van der Waals surface area contributed by atoms with Gasteiger partial charge in [-0.1, -0.05) is 166 Å². The lowest BCUT2D eigenvalue weighted by atomic mass is 9.81. The van der Waals surface area contributed by atoms with Crippen molar-refractivity contribution in [1.82, 2.24) is 0 Å². The first-order chi connectivity index (χ1) is 29.0. The van der Waals surface area contributed by atoms with Crippen LogP contribution in [0.3, 0.4) is 0 Å². The van der Waals surface area contributed by atoms with Gasteiger partial charge in [0.1, 0.15) is 11.2 Å². The SMILES string of the molecule is CC1(C)c2ccccc2-c2cccc(N(c3ccc(-c4cc5ccccc5c5ccccc45)cc3)c3ccc(-c4cccc5oc6c7ccccc7ccc6c45)cc3)c21. The summed E-state index contributed by atoms with van der Waals surface area (Å²) in [5.74, 6) is 0. The van der Waals surface area contributed by atoms with Crippen LogP contribution < -0.4 is 4.90 Å². The molecule has 12 rings (SSSR count). The first kappa shape index (κ1) is 33.7. The molecule has 1 aliphatic carbocycles. The van der Waals surface area contributed by atoms with Crippen molar-refractivity contribution in [3.63, 3.8) is 0 Å². The minimum absolute atomic E-state index is 0.188. The second-order valence-electron chi connectivity index (χ2n) is 16.4. The van der Waals surface area contributed by atoms with E-state index in [1.54, 1.807) is 0 Å². The Labute approximate surface area is 343 Å². The Morgan fingerprint density at radius 3 is 1.78 bits per heavy atom. The van der Waals surface area contributed by atoms with Crippen LogP contribution in [0.5, 0.6) is 0 Å². The van der Waals surface area contributed by atoms with E-state index >= 15 is 0 Å². The zero-order chi connectivity index (χ0) is 39.2. The van der Waals surface area contributed by atoms with Crippen molar-refractivity contribution in [2.24, 2.45) is 0 Å². The first-order valence-electron chi connectivity index (χ1n) is 20.5. The topological polar surface area (TPSA) is 16.4 Å². The summed E-state index contributed by atoms with van der Waals surface area (Å²) in [4.78, 5) is 2.46. The van der Waals surface area contributed by atoms with Crippen molar-refractivity contribution < 1.29 is 4.42 Å². The molecule has 0 atom stereocenters. The van der Waals surface area contributed by atoms with Gasteiger partial charge in [-0.15, -0.1) is 0 Å².